The van der Waals surface area contributed by atoms with Crippen molar-refractivity contribution in [3.05, 3.63) is 249 Å². The van der Waals surface area contributed by atoms with Gasteiger partial charge in [0.05, 0.1) is 5.69 Å². The molecule has 0 aliphatic carbocycles. The zero-order valence-electron chi connectivity index (χ0n) is 34.6. The summed E-state index contributed by atoms with van der Waals surface area (Å²) in [7, 11) is 0. The van der Waals surface area contributed by atoms with E-state index in [-0.39, 0.29) is 6.71 Å². The van der Waals surface area contributed by atoms with Crippen molar-refractivity contribution in [2.75, 3.05) is 9.80 Å². The Labute approximate surface area is 369 Å². The van der Waals surface area contributed by atoms with Crippen molar-refractivity contribution in [3.63, 3.8) is 0 Å². The number of benzene rings is 10. The molecule has 0 aromatic heterocycles. The van der Waals surface area contributed by atoms with Crippen molar-refractivity contribution in [2.45, 2.75) is 0 Å². The highest BCUT2D eigenvalue weighted by atomic mass is 15.2. The van der Waals surface area contributed by atoms with Crippen LogP contribution in [0.2, 0.25) is 0 Å². The molecular weight excluding hydrogens is 759 g/mol. The third-order valence-corrected chi connectivity index (χ3v) is 12.8. The number of anilines is 6. The van der Waals surface area contributed by atoms with Crippen molar-refractivity contribution >= 4 is 57.2 Å². The first-order valence-corrected chi connectivity index (χ1v) is 21.8. The van der Waals surface area contributed by atoms with Gasteiger partial charge >= 0.3 is 0 Å². The van der Waals surface area contributed by atoms with Crippen LogP contribution in [0.3, 0.4) is 0 Å². The second kappa shape index (κ2) is 15.4. The van der Waals surface area contributed by atoms with Gasteiger partial charge in [-0.15, -0.1) is 0 Å². The molecule has 0 atom stereocenters. The zero-order chi connectivity index (χ0) is 41.7. The molecule has 0 unspecified atom stereocenters. The number of rotatable bonds is 7. The molecule has 12 rings (SSSR count). The van der Waals surface area contributed by atoms with E-state index in [4.69, 9.17) is 0 Å². The highest BCUT2D eigenvalue weighted by Crippen LogP contribution is 2.50. The molecule has 294 valence electrons. The van der Waals surface area contributed by atoms with Crippen LogP contribution >= 0.6 is 0 Å². The van der Waals surface area contributed by atoms with Gasteiger partial charge in [0.25, 0.3) is 6.71 Å². The first-order valence-electron chi connectivity index (χ1n) is 21.8. The quantitative estimate of drug-likeness (QED) is 0.148. The van der Waals surface area contributed by atoms with Crippen molar-refractivity contribution < 1.29 is 0 Å². The van der Waals surface area contributed by atoms with Gasteiger partial charge in [0.2, 0.25) is 0 Å². The largest absolute Gasteiger partial charge is 0.311 e. The molecule has 2 aliphatic rings. The van der Waals surface area contributed by atoms with Crippen LogP contribution in [0.5, 0.6) is 0 Å². The fourth-order valence-electron chi connectivity index (χ4n) is 10.0. The van der Waals surface area contributed by atoms with Gasteiger partial charge in [0.15, 0.2) is 0 Å². The third-order valence-electron chi connectivity index (χ3n) is 12.8. The molecule has 0 spiro atoms. The van der Waals surface area contributed by atoms with Gasteiger partial charge in [0, 0.05) is 39.6 Å². The second-order valence-corrected chi connectivity index (χ2v) is 16.4. The van der Waals surface area contributed by atoms with Gasteiger partial charge in [-0.2, -0.15) is 0 Å². The molecule has 2 heterocycles. The van der Waals surface area contributed by atoms with E-state index < -0.39 is 0 Å². The fourth-order valence-corrected chi connectivity index (χ4v) is 10.0. The molecule has 3 heteroatoms. The molecule has 2 aliphatic heterocycles. The summed E-state index contributed by atoms with van der Waals surface area (Å²) < 4.78 is 0. The number of nitrogens with zero attached hydrogens (tertiary/aromatic N) is 2. The van der Waals surface area contributed by atoms with Crippen LogP contribution in [0.25, 0.3) is 55.6 Å². The number of hydrogen-bond acceptors (Lipinski definition) is 2. The monoisotopic (exact) mass is 800 g/mol. The highest BCUT2D eigenvalue weighted by molar-refractivity contribution is 7.00. The summed E-state index contributed by atoms with van der Waals surface area (Å²) in [5.74, 6) is 0. The normalized spacial score (nSPS) is 12.3. The van der Waals surface area contributed by atoms with E-state index in [9.17, 15) is 0 Å². The Hall–Kier alpha value is -8.14. The van der Waals surface area contributed by atoms with Crippen LogP contribution in [0.1, 0.15) is 0 Å². The minimum Gasteiger partial charge on any atom is -0.311 e. The van der Waals surface area contributed by atoms with E-state index in [1.54, 1.807) is 0 Å². The Morgan fingerprint density at radius 3 is 1.35 bits per heavy atom. The van der Waals surface area contributed by atoms with Crippen LogP contribution < -0.4 is 26.2 Å². The third kappa shape index (κ3) is 6.28. The summed E-state index contributed by atoms with van der Waals surface area (Å²) in [5, 5.41) is 0. The maximum absolute atomic E-state index is 2.57. The topological polar surface area (TPSA) is 6.48 Å². The number of para-hydroxylation sites is 2. The molecule has 10 aromatic carbocycles. The van der Waals surface area contributed by atoms with E-state index >= 15 is 0 Å². The first-order chi connectivity index (χ1) is 31.3. The van der Waals surface area contributed by atoms with Crippen LogP contribution in [0.4, 0.5) is 34.1 Å². The van der Waals surface area contributed by atoms with Gasteiger partial charge in [-0.3, -0.25) is 0 Å². The predicted molar refractivity (Wildman–Crippen MR) is 268 cm³/mol. The number of fused-ring (bicyclic) bond motifs is 4. The lowest BCUT2D eigenvalue weighted by molar-refractivity contribution is 1.25. The van der Waals surface area contributed by atoms with E-state index in [1.807, 2.05) is 0 Å². The maximum atomic E-state index is 2.57. The van der Waals surface area contributed by atoms with E-state index in [1.165, 1.54) is 89.2 Å². The SMILES string of the molecule is c1ccc(-c2cccc(N3c4cc(-c5ccccc5)cc5c4B(c4ccc(-c6ccccc6)cc4N5c4ccccc4-c4ccccc4)c4cccc(-c5ccccc5)c43)c2)cc1. The molecule has 0 amide bonds. The molecule has 0 saturated heterocycles. The Balaban J connectivity index is 1.22. The summed E-state index contributed by atoms with van der Waals surface area (Å²) >= 11 is 0. The Bertz CT molecular complexity index is 3250. The Kier molecular flexibility index (Phi) is 8.97. The average Bonchev–Trinajstić information content (AvgIpc) is 3.37. The maximum Gasteiger partial charge on any atom is 0.252 e. The standard InChI is InChI=1S/C60H41BN2/c1-6-20-42(21-7-1)47-30-18-31-50(38-47)62-57-40-49(44-24-10-3-11-25-44)41-58-59(57)61(54-34-19-33-52(60(54)62)46-28-14-5-15-29-46)53-37-36-48(43-22-8-2-9-23-43)39-56(53)63(58)55-35-17-16-32-51(55)45-26-12-4-13-27-45/h1-41H. The summed E-state index contributed by atoms with van der Waals surface area (Å²) in [6.07, 6.45) is 0. The van der Waals surface area contributed by atoms with Crippen LogP contribution in [-0.2, 0) is 0 Å². The van der Waals surface area contributed by atoms with E-state index in [0.717, 1.165) is 16.9 Å². The average molecular weight is 801 g/mol. The molecule has 0 radical (unpaired) electrons. The molecule has 0 saturated carbocycles. The van der Waals surface area contributed by atoms with Gasteiger partial charge in [0.1, 0.15) is 0 Å². The van der Waals surface area contributed by atoms with Crippen molar-refractivity contribution in [2.24, 2.45) is 0 Å². The minimum atomic E-state index is -0.0491. The summed E-state index contributed by atoms with van der Waals surface area (Å²) in [6, 6.07) is 91.2. The lowest BCUT2D eigenvalue weighted by Gasteiger charge is -2.45. The van der Waals surface area contributed by atoms with Crippen LogP contribution in [0, 0.1) is 0 Å². The van der Waals surface area contributed by atoms with Gasteiger partial charge < -0.3 is 9.80 Å². The predicted octanol–water partition coefficient (Wildman–Crippen LogP) is 14.1. The molecular formula is C60H41BN2. The fraction of sp³-hybridized carbons (Fsp3) is 0. The smallest absolute Gasteiger partial charge is 0.252 e. The lowest BCUT2D eigenvalue weighted by Crippen LogP contribution is -2.61. The van der Waals surface area contributed by atoms with Crippen LogP contribution in [-0.4, -0.2) is 6.71 Å². The molecule has 0 fully saturated rings. The molecule has 0 N–H and O–H groups in total. The van der Waals surface area contributed by atoms with Gasteiger partial charge in [-0.1, -0.05) is 212 Å². The minimum absolute atomic E-state index is 0.0491. The van der Waals surface area contributed by atoms with Crippen molar-refractivity contribution in [1.29, 1.82) is 0 Å². The number of hydrogen-bond donors (Lipinski definition) is 0. The van der Waals surface area contributed by atoms with E-state index in [0.29, 0.717) is 0 Å². The second-order valence-electron chi connectivity index (χ2n) is 16.4. The molecule has 2 nitrogen and oxygen atoms in total. The molecule has 63 heavy (non-hydrogen) atoms. The lowest BCUT2D eigenvalue weighted by atomic mass is 9.33. The van der Waals surface area contributed by atoms with Crippen molar-refractivity contribution in [1.82, 2.24) is 0 Å². The van der Waals surface area contributed by atoms with E-state index in [2.05, 4.69) is 259 Å². The summed E-state index contributed by atoms with van der Waals surface area (Å²) in [4.78, 5) is 5.13. The Morgan fingerprint density at radius 1 is 0.254 bits per heavy atom. The Morgan fingerprint density at radius 2 is 0.714 bits per heavy atom. The molecule has 10 aromatic rings. The highest BCUT2D eigenvalue weighted by Gasteiger charge is 2.45. The summed E-state index contributed by atoms with van der Waals surface area (Å²) in [5.41, 5.74) is 22.7. The van der Waals surface area contributed by atoms with Crippen molar-refractivity contribution in [3.8, 4) is 55.6 Å². The van der Waals surface area contributed by atoms with Crippen LogP contribution in [0.15, 0.2) is 249 Å². The zero-order valence-corrected chi connectivity index (χ0v) is 34.6. The summed E-state index contributed by atoms with van der Waals surface area (Å²) in [6.45, 7) is -0.0491. The van der Waals surface area contributed by atoms with Gasteiger partial charge in [-0.05, 0) is 97.3 Å². The molecule has 0 bridgehead atoms. The first kappa shape index (κ1) is 36.7. The van der Waals surface area contributed by atoms with Gasteiger partial charge in [-0.25, -0.2) is 0 Å².